The highest BCUT2D eigenvalue weighted by Crippen LogP contribution is 2.21. The van der Waals surface area contributed by atoms with Crippen LogP contribution in [0.4, 0.5) is 0 Å². The Morgan fingerprint density at radius 3 is 2.61 bits per heavy atom. The first kappa shape index (κ1) is 15.2. The summed E-state index contributed by atoms with van der Waals surface area (Å²) in [5.41, 5.74) is 1.44. The molecule has 2 heterocycles. The molecular formula is C16H18N4O3. The predicted octanol–water partition coefficient (Wildman–Crippen LogP) is 1.57. The Hall–Kier alpha value is -2.67. The SMILES string of the molecule is CCn1c(=O)nc(O)c2nc(COCc3ccccc3)n(C)c21. The number of fused-ring (bicyclic) bond motifs is 1. The Labute approximate surface area is 132 Å². The quantitative estimate of drug-likeness (QED) is 0.773. The van der Waals surface area contributed by atoms with Crippen molar-refractivity contribution < 1.29 is 9.84 Å². The van der Waals surface area contributed by atoms with E-state index in [1.807, 2.05) is 37.3 Å². The van der Waals surface area contributed by atoms with Gasteiger partial charge in [-0.2, -0.15) is 4.98 Å². The van der Waals surface area contributed by atoms with Crippen LogP contribution in [0.5, 0.6) is 5.88 Å². The van der Waals surface area contributed by atoms with Crippen molar-refractivity contribution >= 4 is 11.2 Å². The maximum atomic E-state index is 11.9. The number of benzene rings is 1. The third-order valence-electron chi connectivity index (χ3n) is 3.72. The van der Waals surface area contributed by atoms with Gasteiger partial charge in [0, 0.05) is 13.6 Å². The van der Waals surface area contributed by atoms with Gasteiger partial charge in [-0.05, 0) is 12.5 Å². The Balaban J connectivity index is 1.89. The molecule has 0 saturated heterocycles. The molecule has 0 amide bonds. The summed E-state index contributed by atoms with van der Waals surface area (Å²) >= 11 is 0. The highest BCUT2D eigenvalue weighted by atomic mass is 16.5. The summed E-state index contributed by atoms with van der Waals surface area (Å²) in [6, 6.07) is 9.84. The minimum atomic E-state index is -0.489. The van der Waals surface area contributed by atoms with Crippen molar-refractivity contribution in [2.24, 2.45) is 7.05 Å². The highest BCUT2D eigenvalue weighted by Gasteiger charge is 2.17. The molecule has 0 spiro atoms. The Morgan fingerprint density at radius 2 is 1.91 bits per heavy atom. The maximum Gasteiger partial charge on any atom is 0.352 e. The number of hydrogen-bond donors (Lipinski definition) is 1. The summed E-state index contributed by atoms with van der Waals surface area (Å²) in [4.78, 5) is 19.8. The van der Waals surface area contributed by atoms with Crippen molar-refractivity contribution in [2.75, 3.05) is 0 Å². The predicted molar refractivity (Wildman–Crippen MR) is 85.0 cm³/mol. The number of hydrogen-bond acceptors (Lipinski definition) is 5. The van der Waals surface area contributed by atoms with Crippen molar-refractivity contribution in [1.29, 1.82) is 0 Å². The van der Waals surface area contributed by atoms with Gasteiger partial charge in [0.25, 0.3) is 0 Å². The third kappa shape index (κ3) is 2.83. The van der Waals surface area contributed by atoms with Crippen LogP contribution >= 0.6 is 0 Å². The molecule has 0 radical (unpaired) electrons. The molecule has 0 aliphatic carbocycles. The average molecular weight is 314 g/mol. The maximum absolute atomic E-state index is 11.9. The summed E-state index contributed by atoms with van der Waals surface area (Å²) in [5.74, 6) is 0.278. The van der Waals surface area contributed by atoms with E-state index < -0.39 is 5.69 Å². The highest BCUT2D eigenvalue weighted by molar-refractivity contribution is 5.77. The molecule has 1 N–H and O–H groups in total. The normalized spacial score (nSPS) is 11.2. The fourth-order valence-electron chi connectivity index (χ4n) is 2.54. The number of ether oxygens (including phenoxy) is 1. The molecule has 3 rings (SSSR count). The van der Waals surface area contributed by atoms with Gasteiger partial charge in [0.05, 0.1) is 6.61 Å². The second kappa shape index (κ2) is 6.21. The van der Waals surface area contributed by atoms with Crippen LogP contribution in [0.25, 0.3) is 11.2 Å². The first-order valence-electron chi connectivity index (χ1n) is 7.38. The molecule has 0 fully saturated rings. The molecular weight excluding hydrogens is 296 g/mol. The Bertz CT molecular complexity index is 884. The van der Waals surface area contributed by atoms with E-state index in [1.165, 1.54) is 4.57 Å². The number of aryl methyl sites for hydroxylation is 2. The number of imidazole rings is 1. The van der Waals surface area contributed by atoms with Crippen molar-refractivity contribution in [1.82, 2.24) is 19.1 Å². The zero-order valence-electron chi connectivity index (χ0n) is 13.1. The molecule has 0 aliphatic heterocycles. The lowest BCUT2D eigenvalue weighted by atomic mass is 10.2. The van der Waals surface area contributed by atoms with E-state index in [0.717, 1.165) is 5.56 Å². The van der Waals surface area contributed by atoms with E-state index in [9.17, 15) is 9.90 Å². The van der Waals surface area contributed by atoms with E-state index in [-0.39, 0.29) is 12.5 Å². The lowest BCUT2D eigenvalue weighted by molar-refractivity contribution is 0.100. The second-order valence-electron chi connectivity index (χ2n) is 5.20. The van der Waals surface area contributed by atoms with Crippen LogP contribution in [0, 0.1) is 0 Å². The summed E-state index contributed by atoms with van der Waals surface area (Å²) in [5, 5.41) is 9.87. The molecule has 23 heavy (non-hydrogen) atoms. The van der Waals surface area contributed by atoms with Gasteiger partial charge in [-0.25, -0.2) is 9.78 Å². The van der Waals surface area contributed by atoms with Gasteiger partial charge >= 0.3 is 5.69 Å². The van der Waals surface area contributed by atoms with Crippen molar-refractivity contribution in [3.63, 3.8) is 0 Å². The fraction of sp³-hybridized carbons (Fsp3) is 0.312. The monoisotopic (exact) mass is 314 g/mol. The molecule has 2 aromatic heterocycles. The molecule has 7 nitrogen and oxygen atoms in total. The smallest absolute Gasteiger partial charge is 0.352 e. The molecule has 0 aliphatic rings. The third-order valence-corrected chi connectivity index (χ3v) is 3.72. The van der Waals surface area contributed by atoms with Crippen LogP contribution in [0.1, 0.15) is 18.3 Å². The molecule has 0 bridgehead atoms. The van der Waals surface area contributed by atoms with Crippen molar-refractivity contribution in [3.8, 4) is 5.88 Å². The van der Waals surface area contributed by atoms with Crippen LogP contribution in [-0.4, -0.2) is 24.2 Å². The van der Waals surface area contributed by atoms with Crippen molar-refractivity contribution in [3.05, 3.63) is 52.2 Å². The summed E-state index contributed by atoms with van der Waals surface area (Å²) in [6.45, 7) is 3.04. The van der Waals surface area contributed by atoms with Crippen LogP contribution in [0.15, 0.2) is 35.1 Å². The first-order chi connectivity index (χ1) is 11.1. The Kier molecular flexibility index (Phi) is 4.12. The standard InChI is InChI=1S/C16H18N4O3/c1-3-20-15-13(14(21)18-16(20)22)17-12(19(15)2)10-23-9-11-7-5-4-6-8-11/h4-8H,3,9-10H2,1-2H3,(H,18,21,22). The van der Waals surface area contributed by atoms with E-state index in [0.29, 0.717) is 30.1 Å². The van der Waals surface area contributed by atoms with E-state index in [1.54, 1.807) is 11.6 Å². The van der Waals surface area contributed by atoms with E-state index >= 15 is 0 Å². The van der Waals surface area contributed by atoms with Crippen molar-refractivity contribution in [2.45, 2.75) is 26.7 Å². The summed E-state index contributed by atoms with van der Waals surface area (Å²) in [7, 11) is 1.79. The first-order valence-corrected chi connectivity index (χ1v) is 7.38. The number of aromatic hydroxyl groups is 1. The fourth-order valence-corrected chi connectivity index (χ4v) is 2.54. The Morgan fingerprint density at radius 1 is 1.17 bits per heavy atom. The van der Waals surface area contributed by atoms with Gasteiger partial charge in [0.2, 0.25) is 5.88 Å². The number of aromatic nitrogens is 4. The zero-order valence-corrected chi connectivity index (χ0v) is 13.1. The van der Waals surface area contributed by atoms with Crippen LogP contribution in [0.3, 0.4) is 0 Å². The van der Waals surface area contributed by atoms with Crippen LogP contribution in [0.2, 0.25) is 0 Å². The molecule has 0 unspecified atom stereocenters. The second-order valence-corrected chi connectivity index (χ2v) is 5.20. The molecule has 120 valence electrons. The summed E-state index contributed by atoms with van der Waals surface area (Å²) in [6.07, 6.45) is 0. The summed E-state index contributed by atoms with van der Waals surface area (Å²) < 4.78 is 8.92. The van der Waals surface area contributed by atoms with Gasteiger partial charge in [-0.3, -0.25) is 4.57 Å². The molecule has 0 saturated carbocycles. The average Bonchev–Trinajstić information content (AvgIpc) is 2.87. The van der Waals surface area contributed by atoms with Gasteiger partial charge in [0.1, 0.15) is 18.1 Å². The van der Waals surface area contributed by atoms with Crippen LogP contribution in [-0.2, 0) is 31.5 Å². The van der Waals surface area contributed by atoms with E-state index in [4.69, 9.17) is 4.74 Å². The van der Waals surface area contributed by atoms with Gasteiger partial charge in [-0.1, -0.05) is 30.3 Å². The lowest BCUT2D eigenvalue weighted by Crippen LogP contribution is -2.23. The molecule has 3 aromatic rings. The number of rotatable bonds is 5. The van der Waals surface area contributed by atoms with Gasteiger partial charge in [0.15, 0.2) is 5.52 Å². The molecule has 0 atom stereocenters. The number of nitrogens with zero attached hydrogens (tertiary/aromatic N) is 4. The lowest BCUT2D eigenvalue weighted by Gasteiger charge is -2.07. The minimum absolute atomic E-state index is 0.275. The van der Waals surface area contributed by atoms with Gasteiger partial charge < -0.3 is 14.4 Å². The largest absolute Gasteiger partial charge is 0.492 e. The van der Waals surface area contributed by atoms with Gasteiger partial charge in [-0.15, -0.1) is 0 Å². The minimum Gasteiger partial charge on any atom is -0.492 e. The topological polar surface area (TPSA) is 82.2 Å². The van der Waals surface area contributed by atoms with E-state index in [2.05, 4.69) is 9.97 Å². The molecule has 1 aromatic carbocycles. The zero-order chi connectivity index (χ0) is 16.4. The molecule has 7 heteroatoms. The van der Waals surface area contributed by atoms with Crippen LogP contribution < -0.4 is 5.69 Å².